The molecule has 0 heterocycles. The van der Waals surface area contributed by atoms with Crippen LogP contribution in [0.25, 0.3) is 0 Å². The molecule has 0 bridgehead atoms. The van der Waals surface area contributed by atoms with Crippen LogP contribution in [0.15, 0.2) is 12.2 Å². The zero-order chi connectivity index (χ0) is 17.6. The van der Waals surface area contributed by atoms with Crippen LogP contribution in [-0.2, 0) is 0 Å². The maximum absolute atomic E-state index is 2.43. The first-order chi connectivity index (χ1) is 11.9. The molecule has 0 fully saturated rings. The fraction of sp³-hybridized carbons (Fsp3) is 0.917. The van der Waals surface area contributed by atoms with Gasteiger partial charge in [0.1, 0.15) is 0 Å². The van der Waals surface area contributed by atoms with Crippen molar-refractivity contribution >= 4 is 0 Å². The second-order valence-electron chi connectivity index (χ2n) is 7.71. The molecular weight excluding hydrogens is 288 g/mol. The Labute approximate surface area is 154 Å². The molecule has 0 saturated carbocycles. The first-order valence-corrected chi connectivity index (χ1v) is 11.6. The third-order valence-corrected chi connectivity index (χ3v) is 5.12. The van der Waals surface area contributed by atoms with Crippen molar-refractivity contribution in [2.45, 2.75) is 142 Å². The molecule has 0 rings (SSSR count). The molecule has 24 heavy (non-hydrogen) atoms. The number of allylic oxidation sites excluding steroid dienone is 2. The van der Waals surface area contributed by atoms with E-state index >= 15 is 0 Å². The van der Waals surface area contributed by atoms with E-state index in [9.17, 15) is 0 Å². The molecule has 0 aliphatic carbocycles. The Morgan fingerprint density at radius 3 is 0.875 bits per heavy atom. The first-order valence-electron chi connectivity index (χ1n) is 11.6. The van der Waals surface area contributed by atoms with Gasteiger partial charge in [-0.25, -0.2) is 0 Å². The van der Waals surface area contributed by atoms with Gasteiger partial charge in [-0.3, -0.25) is 0 Å². The van der Waals surface area contributed by atoms with Gasteiger partial charge < -0.3 is 0 Å². The van der Waals surface area contributed by atoms with E-state index < -0.39 is 0 Å². The Hall–Kier alpha value is -0.260. The smallest absolute Gasteiger partial charge is 0.0351 e. The van der Waals surface area contributed by atoms with Crippen LogP contribution in [0.5, 0.6) is 0 Å². The SMILES string of the molecule is CCCCCCCC=CCCCCCCCCCCCCCCC. The second kappa shape index (κ2) is 22.7. The molecule has 0 heteroatoms. The van der Waals surface area contributed by atoms with Crippen molar-refractivity contribution in [2.75, 3.05) is 0 Å². The minimum absolute atomic E-state index is 1.31. The van der Waals surface area contributed by atoms with Gasteiger partial charge in [0.25, 0.3) is 0 Å². The minimum Gasteiger partial charge on any atom is -0.0885 e. The monoisotopic (exact) mass is 336 g/mol. The predicted octanol–water partition coefficient (Wildman–Crippen LogP) is 9.38. The fourth-order valence-electron chi connectivity index (χ4n) is 3.38. The second-order valence-corrected chi connectivity index (χ2v) is 7.71. The summed E-state index contributed by atoms with van der Waals surface area (Å²) in [5.74, 6) is 0. The summed E-state index contributed by atoms with van der Waals surface area (Å²) < 4.78 is 0. The van der Waals surface area contributed by atoms with E-state index in [2.05, 4.69) is 26.0 Å². The Balaban J connectivity index is 3.02. The van der Waals surface area contributed by atoms with Crippen LogP contribution in [-0.4, -0.2) is 0 Å². The molecule has 0 aromatic carbocycles. The van der Waals surface area contributed by atoms with Crippen LogP contribution >= 0.6 is 0 Å². The molecule has 0 unspecified atom stereocenters. The van der Waals surface area contributed by atoms with Gasteiger partial charge in [0, 0.05) is 0 Å². The standard InChI is InChI=1S/C24H48/c1-3-5-7-9-11-13-15-17-19-21-23-24-22-20-18-16-14-12-10-8-6-4-2/h15,17H,3-14,16,18-24H2,1-2H3. The van der Waals surface area contributed by atoms with Crippen molar-refractivity contribution in [2.24, 2.45) is 0 Å². The molecule has 0 aliphatic heterocycles. The summed E-state index contributed by atoms with van der Waals surface area (Å²) in [5.41, 5.74) is 0. The molecule has 0 spiro atoms. The van der Waals surface area contributed by atoms with Crippen molar-refractivity contribution in [3.05, 3.63) is 12.2 Å². The number of unbranched alkanes of at least 4 members (excludes halogenated alkanes) is 18. The maximum Gasteiger partial charge on any atom is -0.0351 e. The van der Waals surface area contributed by atoms with Crippen LogP contribution in [0.2, 0.25) is 0 Å². The molecule has 0 N–H and O–H groups in total. The van der Waals surface area contributed by atoms with Crippen LogP contribution in [0.1, 0.15) is 142 Å². The van der Waals surface area contributed by atoms with E-state index in [4.69, 9.17) is 0 Å². The van der Waals surface area contributed by atoms with Gasteiger partial charge in [0.2, 0.25) is 0 Å². The van der Waals surface area contributed by atoms with Crippen LogP contribution < -0.4 is 0 Å². The van der Waals surface area contributed by atoms with E-state index in [1.807, 2.05) is 0 Å². The quantitative estimate of drug-likeness (QED) is 0.153. The summed E-state index contributed by atoms with van der Waals surface area (Å²) in [5, 5.41) is 0. The van der Waals surface area contributed by atoms with E-state index in [1.54, 1.807) is 0 Å². The normalized spacial score (nSPS) is 11.6. The largest absolute Gasteiger partial charge is 0.0885 e. The minimum atomic E-state index is 1.31. The van der Waals surface area contributed by atoms with Gasteiger partial charge in [-0.05, 0) is 25.7 Å². The van der Waals surface area contributed by atoms with E-state index in [0.717, 1.165) is 0 Å². The molecule has 144 valence electrons. The molecular formula is C24H48. The molecule has 0 aromatic rings. The lowest BCUT2D eigenvalue weighted by Crippen LogP contribution is -1.82. The Kier molecular flexibility index (Phi) is 22.5. The highest BCUT2D eigenvalue weighted by Gasteiger charge is 1.93. The lowest BCUT2D eigenvalue weighted by Gasteiger charge is -2.02. The lowest BCUT2D eigenvalue weighted by molar-refractivity contribution is 0.540. The van der Waals surface area contributed by atoms with Gasteiger partial charge in [0.05, 0.1) is 0 Å². The maximum atomic E-state index is 2.43. The number of hydrogen-bond acceptors (Lipinski definition) is 0. The molecule has 0 atom stereocenters. The Bertz CT molecular complexity index is 228. The third-order valence-electron chi connectivity index (χ3n) is 5.12. The summed E-state index contributed by atoms with van der Waals surface area (Å²) in [6, 6.07) is 0. The molecule has 0 radical (unpaired) electrons. The summed E-state index contributed by atoms with van der Waals surface area (Å²) in [7, 11) is 0. The molecule has 0 nitrogen and oxygen atoms in total. The number of hydrogen-bond donors (Lipinski definition) is 0. The van der Waals surface area contributed by atoms with Crippen molar-refractivity contribution in [3.8, 4) is 0 Å². The summed E-state index contributed by atoms with van der Waals surface area (Å²) in [6.45, 7) is 4.58. The Morgan fingerprint density at radius 2 is 0.583 bits per heavy atom. The van der Waals surface area contributed by atoms with Crippen LogP contribution in [0.4, 0.5) is 0 Å². The predicted molar refractivity (Wildman–Crippen MR) is 113 cm³/mol. The highest BCUT2D eigenvalue weighted by Crippen LogP contribution is 2.13. The zero-order valence-electron chi connectivity index (χ0n) is 17.3. The molecule has 0 aliphatic rings. The van der Waals surface area contributed by atoms with Crippen LogP contribution in [0, 0.1) is 0 Å². The van der Waals surface area contributed by atoms with Gasteiger partial charge in [-0.15, -0.1) is 0 Å². The fourth-order valence-corrected chi connectivity index (χ4v) is 3.38. The average Bonchev–Trinajstić information content (AvgIpc) is 2.60. The van der Waals surface area contributed by atoms with Gasteiger partial charge in [0.15, 0.2) is 0 Å². The number of rotatable bonds is 20. The van der Waals surface area contributed by atoms with Gasteiger partial charge >= 0.3 is 0 Å². The summed E-state index contributed by atoms with van der Waals surface area (Å²) in [6.07, 6.45) is 33.4. The summed E-state index contributed by atoms with van der Waals surface area (Å²) in [4.78, 5) is 0. The molecule has 0 amide bonds. The molecule has 0 aromatic heterocycles. The van der Waals surface area contributed by atoms with Crippen molar-refractivity contribution in [3.63, 3.8) is 0 Å². The van der Waals surface area contributed by atoms with Crippen molar-refractivity contribution in [1.82, 2.24) is 0 Å². The lowest BCUT2D eigenvalue weighted by atomic mass is 10.0. The van der Waals surface area contributed by atoms with Crippen molar-refractivity contribution < 1.29 is 0 Å². The first kappa shape index (κ1) is 23.7. The molecule has 0 saturated heterocycles. The topological polar surface area (TPSA) is 0 Å². The van der Waals surface area contributed by atoms with E-state index in [0.29, 0.717) is 0 Å². The summed E-state index contributed by atoms with van der Waals surface area (Å²) >= 11 is 0. The average molecular weight is 337 g/mol. The van der Waals surface area contributed by atoms with Gasteiger partial charge in [-0.1, -0.05) is 129 Å². The van der Waals surface area contributed by atoms with Crippen molar-refractivity contribution in [1.29, 1.82) is 0 Å². The van der Waals surface area contributed by atoms with Gasteiger partial charge in [-0.2, -0.15) is 0 Å². The zero-order valence-corrected chi connectivity index (χ0v) is 17.3. The third kappa shape index (κ3) is 21.7. The highest BCUT2D eigenvalue weighted by atomic mass is 14.0. The van der Waals surface area contributed by atoms with E-state index in [1.165, 1.54) is 128 Å². The van der Waals surface area contributed by atoms with Crippen LogP contribution in [0.3, 0.4) is 0 Å². The Morgan fingerprint density at radius 1 is 0.333 bits per heavy atom. The van der Waals surface area contributed by atoms with E-state index in [-0.39, 0.29) is 0 Å². The highest BCUT2D eigenvalue weighted by molar-refractivity contribution is 4.81.